The van der Waals surface area contributed by atoms with Crippen LogP contribution in [0.4, 0.5) is 0 Å². The van der Waals surface area contributed by atoms with Gasteiger partial charge in [0.05, 0.1) is 5.01 Å². The van der Waals surface area contributed by atoms with E-state index in [9.17, 15) is 0 Å². The van der Waals surface area contributed by atoms with Gasteiger partial charge in [-0.3, -0.25) is 0 Å². The van der Waals surface area contributed by atoms with Crippen molar-refractivity contribution in [2.45, 2.75) is 39.2 Å². The van der Waals surface area contributed by atoms with Gasteiger partial charge in [0.25, 0.3) is 0 Å². The van der Waals surface area contributed by atoms with Gasteiger partial charge in [-0.1, -0.05) is 13.8 Å². The lowest BCUT2D eigenvalue weighted by Gasteiger charge is -1.97. The molecule has 2 rings (SSSR count). The molecule has 1 aliphatic rings. The number of aromatic nitrogens is 1. The molecule has 1 heterocycles. The summed E-state index contributed by atoms with van der Waals surface area (Å²) in [6.45, 7) is 6.59. The van der Waals surface area contributed by atoms with E-state index < -0.39 is 0 Å². The summed E-state index contributed by atoms with van der Waals surface area (Å²) in [5.74, 6) is 1.65. The predicted octanol–water partition coefficient (Wildman–Crippen LogP) is 2.77. The van der Waals surface area contributed by atoms with Crippen molar-refractivity contribution in [1.82, 2.24) is 10.3 Å². The van der Waals surface area contributed by atoms with Crippen LogP contribution in [0.3, 0.4) is 0 Å². The van der Waals surface area contributed by atoms with Crippen molar-refractivity contribution >= 4 is 11.3 Å². The molecule has 3 heteroatoms. The maximum Gasteiger partial charge on any atom is 0.0961 e. The minimum absolute atomic E-state index is 0.778. The quantitative estimate of drug-likeness (QED) is 0.756. The summed E-state index contributed by atoms with van der Waals surface area (Å²) >= 11 is 1.88. The van der Waals surface area contributed by atoms with E-state index in [1.807, 2.05) is 17.5 Å². The van der Waals surface area contributed by atoms with E-state index in [1.54, 1.807) is 0 Å². The lowest BCUT2D eigenvalue weighted by Crippen LogP contribution is -2.12. The van der Waals surface area contributed by atoms with Crippen molar-refractivity contribution in [3.63, 3.8) is 0 Å². The first kappa shape index (κ1) is 10.1. The molecule has 0 radical (unpaired) electrons. The van der Waals surface area contributed by atoms with Gasteiger partial charge >= 0.3 is 0 Å². The number of thiazole rings is 1. The Balaban J connectivity index is 1.84. The topological polar surface area (TPSA) is 24.9 Å². The van der Waals surface area contributed by atoms with Gasteiger partial charge in [-0.15, -0.1) is 11.3 Å². The SMILES string of the molecule is CCCNCc1cnc(C2CC2C)s1. The van der Waals surface area contributed by atoms with Crippen LogP contribution in [0.15, 0.2) is 6.20 Å². The molecule has 1 fully saturated rings. The molecule has 0 spiro atoms. The van der Waals surface area contributed by atoms with E-state index in [2.05, 4.69) is 24.1 Å². The lowest BCUT2D eigenvalue weighted by atomic mass is 10.4. The number of nitrogens with one attached hydrogen (secondary N) is 1. The third-order valence-corrected chi connectivity index (χ3v) is 3.85. The van der Waals surface area contributed by atoms with Gasteiger partial charge in [-0.25, -0.2) is 4.98 Å². The standard InChI is InChI=1S/C11H18N2S/c1-3-4-12-6-9-7-13-11(14-9)10-5-8(10)2/h7-8,10,12H,3-6H2,1-2H3. The van der Waals surface area contributed by atoms with Crippen LogP contribution in [-0.4, -0.2) is 11.5 Å². The first-order chi connectivity index (χ1) is 6.81. The minimum atomic E-state index is 0.778. The van der Waals surface area contributed by atoms with E-state index in [-0.39, 0.29) is 0 Å². The first-order valence-electron chi connectivity index (χ1n) is 5.46. The Bertz CT molecular complexity index is 295. The second-order valence-electron chi connectivity index (χ2n) is 4.16. The van der Waals surface area contributed by atoms with Crippen LogP contribution in [0.25, 0.3) is 0 Å². The van der Waals surface area contributed by atoms with E-state index in [0.29, 0.717) is 0 Å². The van der Waals surface area contributed by atoms with Crippen LogP contribution < -0.4 is 5.32 Å². The Labute approximate surface area is 89.8 Å². The maximum atomic E-state index is 4.49. The van der Waals surface area contributed by atoms with Gasteiger partial charge < -0.3 is 5.32 Å². The van der Waals surface area contributed by atoms with Crippen molar-refractivity contribution in [2.75, 3.05) is 6.54 Å². The summed E-state index contributed by atoms with van der Waals surface area (Å²) < 4.78 is 0. The van der Waals surface area contributed by atoms with Crippen LogP contribution in [0.2, 0.25) is 0 Å². The fourth-order valence-corrected chi connectivity index (χ4v) is 2.76. The second-order valence-corrected chi connectivity index (χ2v) is 5.31. The van der Waals surface area contributed by atoms with Gasteiger partial charge in [0.2, 0.25) is 0 Å². The Morgan fingerprint density at radius 2 is 2.43 bits per heavy atom. The molecule has 2 atom stereocenters. The molecule has 14 heavy (non-hydrogen) atoms. The van der Waals surface area contributed by atoms with Crippen LogP contribution in [-0.2, 0) is 6.54 Å². The minimum Gasteiger partial charge on any atom is -0.312 e. The summed E-state index contributed by atoms with van der Waals surface area (Å²) in [6, 6.07) is 0. The molecule has 1 aliphatic carbocycles. The molecule has 78 valence electrons. The van der Waals surface area contributed by atoms with Gasteiger partial charge in [0.15, 0.2) is 0 Å². The summed E-state index contributed by atoms with van der Waals surface area (Å²) in [5, 5.41) is 4.76. The average molecular weight is 210 g/mol. The molecule has 0 aliphatic heterocycles. The van der Waals surface area contributed by atoms with Crippen molar-refractivity contribution in [3.05, 3.63) is 16.1 Å². The van der Waals surface area contributed by atoms with E-state index in [4.69, 9.17) is 0 Å². The maximum absolute atomic E-state index is 4.49. The highest BCUT2D eigenvalue weighted by Crippen LogP contribution is 2.47. The zero-order chi connectivity index (χ0) is 9.97. The van der Waals surface area contributed by atoms with Crippen LogP contribution >= 0.6 is 11.3 Å². The summed E-state index contributed by atoms with van der Waals surface area (Å²) in [7, 11) is 0. The number of nitrogens with zero attached hydrogens (tertiary/aromatic N) is 1. The van der Waals surface area contributed by atoms with Gasteiger partial charge in [0, 0.05) is 23.5 Å². The van der Waals surface area contributed by atoms with E-state index in [0.717, 1.165) is 24.9 Å². The zero-order valence-corrected chi connectivity index (χ0v) is 9.73. The van der Waals surface area contributed by atoms with E-state index in [1.165, 1.54) is 22.7 Å². The molecule has 0 amide bonds. The highest BCUT2D eigenvalue weighted by molar-refractivity contribution is 7.11. The first-order valence-corrected chi connectivity index (χ1v) is 6.28. The monoisotopic (exact) mass is 210 g/mol. The molecule has 2 unspecified atom stereocenters. The van der Waals surface area contributed by atoms with Crippen LogP contribution in [0.1, 0.15) is 42.5 Å². The zero-order valence-electron chi connectivity index (χ0n) is 8.92. The summed E-state index contributed by atoms with van der Waals surface area (Å²) in [4.78, 5) is 5.87. The molecule has 1 N–H and O–H groups in total. The second kappa shape index (κ2) is 4.41. The molecular weight excluding hydrogens is 192 g/mol. The summed E-state index contributed by atoms with van der Waals surface area (Å²) in [6.07, 6.45) is 4.58. The largest absolute Gasteiger partial charge is 0.312 e. The molecule has 1 saturated carbocycles. The van der Waals surface area contributed by atoms with Crippen molar-refractivity contribution in [1.29, 1.82) is 0 Å². The lowest BCUT2D eigenvalue weighted by molar-refractivity contribution is 0.681. The van der Waals surface area contributed by atoms with Crippen molar-refractivity contribution in [3.8, 4) is 0 Å². The van der Waals surface area contributed by atoms with E-state index >= 15 is 0 Å². The molecule has 0 saturated heterocycles. The average Bonchev–Trinajstić information content (AvgIpc) is 2.74. The molecule has 2 nitrogen and oxygen atoms in total. The van der Waals surface area contributed by atoms with Gasteiger partial charge in [0.1, 0.15) is 0 Å². The van der Waals surface area contributed by atoms with Crippen molar-refractivity contribution in [2.24, 2.45) is 5.92 Å². The molecule has 1 aromatic heterocycles. The smallest absolute Gasteiger partial charge is 0.0961 e. The normalized spacial score (nSPS) is 25.3. The molecule has 1 aromatic rings. The number of rotatable bonds is 5. The summed E-state index contributed by atoms with van der Waals surface area (Å²) in [5.41, 5.74) is 0. The molecule has 0 aromatic carbocycles. The van der Waals surface area contributed by atoms with Gasteiger partial charge in [-0.2, -0.15) is 0 Å². The number of hydrogen-bond donors (Lipinski definition) is 1. The van der Waals surface area contributed by atoms with Gasteiger partial charge in [-0.05, 0) is 25.3 Å². The Morgan fingerprint density at radius 1 is 1.64 bits per heavy atom. The Hall–Kier alpha value is -0.410. The Morgan fingerprint density at radius 3 is 3.07 bits per heavy atom. The fraction of sp³-hybridized carbons (Fsp3) is 0.727. The van der Waals surface area contributed by atoms with Crippen LogP contribution in [0, 0.1) is 5.92 Å². The third-order valence-electron chi connectivity index (χ3n) is 2.72. The highest BCUT2D eigenvalue weighted by Gasteiger charge is 2.36. The highest BCUT2D eigenvalue weighted by atomic mass is 32.1. The third kappa shape index (κ3) is 2.34. The number of hydrogen-bond acceptors (Lipinski definition) is 3. The fourth-order valence-electron chi connectivity index (χ4n) is 1.63. The molecule has 0 bridgehead atoms. The predicted molar refractivity (Wildman–Crippen MR) is 60.6 cm³/mol. The molecular formula is C11H18N2S. The van der Waals surface area contributed by atoms with Crippen molar-refractivity contribution < 1.29 is 0 Å². The van der Waals surface area contributed by atoms with Crippen LogP contribution in [0.5, 0.6) is 0 Å². The Kier molecular flexibility index (Phi) is 3.19.